The number of nitrogens with zero attached hydrogens (tertiary/aromatic N) is 4. The third kappa shape index (κ3) is 3.83. The Morgan fingerprint density at radius 3 is 2.60 bits per heavy atom. The molecule has 0 aromatic carbocycles. The fourth-order valence-electron chi connectivity index (χ4n) is 2.18. The molecule has 7 heteroatoms. The summed E-state index contributed by atoms with van der Waals surface area (Å²) in [5.74, 6) is 1.71. The van der Waals surface area contributed by atoms with E-state index in [4.69, 9.17) is 5.73 Å². The average Bonchev–Trinajstić information content (AvgIpc) is 2.53. The van der Waals surface area contributed by atoms with Gasteiger partial charge in [-0.05, 0) is 24.5 Å². The van der Waals surface area contributed by atoms with E-state index in [9.17, 15) is 4.79 Å². The number of nitrogens with two attached hydrogens (primary N) is 1. The van der Waals surface area contributed by atoms with Crippen LogP contribution < -0.4 is 10.6 Å². The molecule has 0 bridgehead atoms. The zero-order chi connectivity index (χ0) is 14.4. The summed E-state index contributed by atoms with van der Waals surface area (Å²) < 4.78 is 0. The van der Waals surface area contributed by atoms with Crippen LogP contribution in [0.2, 0.25) is 0 Å². The molecule has 20 heavy (non-hydrogen) atoms. The molecule has 110 valence electrons. The van der Waals surface area contributed by atoms with Crippen LogP contribution in [0.5, 0.6) is 0 Å². The van der Waals surface area contributed by atoms with Gasteiger partial charge in [0.1, 0.15) is 0 Å². The lowest BCUT2D eigenvalue weighted by atomic mass is 10.2. The molecule has 0 saturated carbocycles. The minimum Gasteiger partial charge on any atom is -0.338 e. The van der Waals surface area contributed by atoms with Crippen LogP contribution in [0.1, 0.15) is 6.42 Å². The van der Waals surface area contributed by atoms with Crippen molar-refractivity contribution in [3.05, 3.63) is 18.5 Å². The first-order valence-corrected chi connectivity index (χ1v) is 8.17. The van der Waals surface area contributed by atoms with Gasteiger partial charge in [-0.2, -0.15) is 11.8 Å². The fourth-order valence-corrected chi connectivity index (χ4v) is 2.67. The maximum atomic E-state index is 12.2. The largest absolute Gasteiger partial charge is 0.338 e. The number of rotatable bonds is 5. The summed E-state index contributed by atoms with van der Waals surface area (Å²) in [5, 5.41) is 0. The number of thioether (sulfide) groups is 1. The smallest absolute Gasteiger partial charge is 0.239 e. The van der Waals surface area contributed by atoms with E-state index in [1.54, 1.807) is 30.2 Å². The predicted molar refractivity (Wildman–Crippen MR) is 81.8 cm³/mol. The van der Waals surface area contributed by atoms with Crippen LogP contribution in [0, 0.1) is 0 Å². The number of piperazine rings is 1. The summed E-state index contributed by atoms with van der Waals surface area (Å²) in [5.41, 5.74) is 5.94. The first-order valence-electron chi connectivity index (χ1n) is 6.77. The standard InChI is InChI=1S/C13H21N5OS/c1-20-10-3-11(14)12(19)17-6-8-18(9-7-17)13-15-4-2-5-16-13/h2,4-5,11H,3,6-10,14H2,1H3/t11-/m1/s1. The lowest BCUT2D eigenvalue weighted by Gasteiger charge is -2.35. The minimum atomic E-state index is -0.373. The van der Waals surface area contributed by atoms with E-state index in [0.717, 1.165) is 31.2 Å². The molecule has 1 aliphatic heterocycles. The van der Waals surface area contributed by atoms with E-state index in [1.807, 2.05) is 11.2 Å². The van der Waals surface area contributed by atoms with Gasteiger partial charge in [0, 0.05) is 38.6 Å². The molecule has 1 amide bonds. The lowest BCUT2D eigenvalue weighted by molar-refractivity contribution is -0.132. The van der Waals surface area contributed by atoms with Crippen molar-refractivity contribution in [1.29, 1.82) is 0 Å². The molecule has 1 aromatic rings. The number of carbonyl (C=O) groups excluding carboxylic acids is 1. The lowest BCUT2D eigenvalue weighted by Crippen LogP contribution is -2.53. The molecular weight excluding hydrogens is 274 g/mol. The Kier molecular flexibility index (Phi) is 5.60. The molecular formula is C13H21N5OS. The van der Waals surface area contributed by atoms with Gasteiger partial charge in [-0.3, -0.25) is 4.79 Å². The van der Waals surface area contributed by atoms with Gasteiger partial charge in [0.05, 0.1) is 6.04 Å². The Labute approximate surface area is 123 Å². The molecule has 1 aromatic heterocycles. The zero-order valence-corrected chi connectivity index (χ0v) is 12.6. The van der Waals surface area contributed by atoms with Gasteiger partial charge in [0.15, 0.2) is 0 Å². The molecule has 6 nitrogen and oxygen atoms in total. The number of aromatic nitrogens is 2. The maximum Gasteiger partial charge on any atom is 0.239 e. The SMILES string of the molecule is CSCC[C@@H](N)C(=O)N1CCN(c2ncccn2)CC1. The first kappa shape index (κ1) is 15.1. The van der Waals surface area contributed by atoms with E-state index in [0.29, 0.717) is 13.1 Å². The number of hydrogen-bond donors (Lipinski definition) is 1. The Balaban J connectivity index is 1.83. The molecule has 1 fully saturated rings. The third-order valence-electron chi connectivity index (χ3n) is 3.38. The Hall–Kier alpha value is -1.34. The monoisotopic (exact) mass is 295 g/mol. The van der Waals surface area contributed by atoms with Crippen molar-refractivity contribution in [3.63, 3.8) is 0 Å². The molecule has 1 aliphatic rings. The van der Waals surface area contributed by atoms with Gasteiger partial charge in [-0.1, -0.05) is 0 Å². The minimum absolute atomic E-state index is 0.0627. The van der Waals surface area contributed by atoms with Crippen molar-refractivity contribution in [3.8, 4) is 0 Å². The van der Waals surface area contributed by atoms with Crippen molar-refractivity contribution in [2.24, 2.45) is 5.73 Å². The van der Waals surface area contributed by atoms with Gasteiger partial charge < -0.3 is 15.5 Å². The van der Waals surface area contributed by atoms with Crippen LogP contribution in [0.25, 0.3) is 0 Å². The summed E-state index contributed by atoms with van der Waals surface area (Å²) in [6.07, 6.45) is 6.23. The van der Waals surface area contributed by atoms with Crippen LogP contribution in [0.15, 0.2) is 18.5 Å². The van der Waals surface area contributed by atoms with Crippen molar-refractivity contribution in [1.82, 2.24) is 14.9 Å². The second-order valence-electron chi connectivity index (χ2n) is 4.75. The fraction of sp³-hybridized carbons (Fsp3) is 0.615. The normalized spacial score (nSPS) is 17.1. The van der Waals surface area contributed by atoms with Gasteiger partial charge >= 0.3 is 0 Å². The number of anilines is 1. The predicted octanol–water partition coefficient (Wildman–Crippen LogP) is 0.206. The highest BCUT2D eigenvalue weighted by Crippen LogP contribution is 2.11. The molecule has 1 atom stereocenters. The van der Waals surface area contributed by atoms with E-state index in [2.05, 4.69) is 14.9 Å². The van der Waals surface area contributed by atoms with Crippen molar-refractivity contribution in [2.75, 3.05) is 43.1 Å². The Morgan fingerprint density at radius 2 is 2.00 bits per heavy atom. The topological polar surface area (TPSA) is 75.4 Å². The van der Waals surface area contributed by atoms with E-state index in [-0.39, 0.29) is 11.9 Å². The number of amides is 1. The number of hydrogen-bond acceptors (Lipinski definition) is 6. The van der Waals surface area contributed by atoms with Gasteiger partial charge in [0.2, 0.25) is 11.9 Å². The van der Waals surface area contributed by atoms with Crippen LogP contribution in [0.3, 0.4) is 0 Å². The van der Waals surface area contributed by atoms with Gasteiger partial charge in [-0.15, -0.1) is 0 Å². The summed E-state index contributed by atoms with van der Waals surface area (Å²) in [6, 6.07) is 1.43. The molecule has 2 heterocycles. The zero-order valence-electron chi connectivity index (χ0n) is 11.7. The van der Waals surface area contributed by atoms with Crippen LogP contribution in [-0.4, -0.2) is 65.0 Å². The van der Waals surface area contributed by atoms with Crippen molar-refractivity contribution in [2.45, 2.75) is 12.5 Å². The molecule has 0 unspecified atom stereocenters. The summed E-state index contributed by atoms with van der Waals surface area (Å²) in [7, 11) is 0. The van der Waals surface area contributed by atoms with Gasteiger partial charge in [0.25, 0.3) is 0 Å². The highest BCUT2D eigenvalue weighted by molar-refractivity contribution is 7.98. The van der Waals surface area contributed by atoms with E-state index >= 15 is 0 Å². The second kappa shape index (κ2) is 7.44. The van der Waals surface area contributed by atoms with Crippen LogP contribution in [0.4, 0.5) is 5.95 Å². The molecule has 0 aliphatic carbocycles. The Bertz CT molecular complexity index is 422. The molecule has 2 rings (SSSR count). The summed E-state index contributed by atoms with van der Waals surface area (Å²) in [6.45, 7) is 2.88. The van der Waals surface area contributed by atoms with Crippen molar-refractivity contribution >= 4 is 23.6 Å². The van der Waals surface area contributed by atoms with Crippen LogP contribution >= 0.6 is 11.8 Å². The summed E-state index contributed by atoms with van der Waals surface area (Å²) in [4.78, 5) is 24.6. The van der Waals surface area contributed by atoms with Gasteiger partial charge in [-0.25, -0.2) is 9.97 Å². The highest BCUT2D eigenvalue weighted by Gasteiger charge is 2.25. The van der Waals surface area contributed by atoms with Crippen LogP contribution in [-0.2, 0) is 4.79 Å². The number of carbonyl (C=O) groups is 1. The van der Waals surface area contributed by atoms with E-state index < -0.39 is 0 Å². The maximum absolute atomic E-state index is 12.2. The second-order valence-corrected chi connectivity index (χ2v) is 5.73. The van der Waals surface area contributed by atoms with E-state index in [1.165, 1.54) is 0 Å². The van der Waals surface area contributed by atoms with Crippen molar-refractivity contribution < 1.29 is 4.79 Å². The molecule has 0 spiro atoms. The highest BCUT2D eigenvalue weighted by atomic mass is 32.2. The Morgan fingerprint density at radius 1 is 1.35 bits per heavy atom. The molecule has 1 saturated heterocycles. The first-order chi connectivity index (χ1) is 9.72. The molecule has 2 N–H and O–H groups in total. The average molecular weight is 295 g/mol. The molecule has 0 radical (unpaired) electrons. The summed E-state index contributed by atoms with van der Waals surface area (Å²) >= 11 is 1.72. The third-order valence-corrected chi connectivity index (χ3v) is 4.02. The quantitative estimate of drug-likeness (QED) is 0.837.